The molecule has 1 heterocycles. The van der Waals surface area contributed by atoms with E-state index in [2.05, 4.69) is 92.3 Å². The molecule has 0 saturated carbocycles. The lowest BCUT2D eigenvalue weighted by atomic mass is 10.1. The maximum atomic E-state index is 5.72. The third-order valence-corrected chi connectivity index (χ3v) is 7.20. The Labute approximate surface area is 185 Å². The van der Waals surface area contributed by atoms with Gasteiger partial charge in [-0.15, -0.1) is 0 Å². The fourth-order valence-corrected chi connectivity index (χ4v) is 4.84. The van der Waals surface area contributed by atoms with Gasteiger partial charge in [0, 0.05) is 34.5 Å². The molecule has 0 bridgehead atoms. The molecular formula is C24H33N3S2. The van der Waals surface area contributed by atoms with Gasteiger partial charge in [0.2, 0.25) is 0 Å². The Bertz CT molecular complexity index is 852. The molecule has 0 amide bonds. The number of nitrogens with zero attached hydrogens (tertiary/aromatic N) is 2. The molecule has 2 unspecified atom stereocenters. The number of likely N-dealkylation sites (N-methyl/N-ethyl adjacent to an activating group) is 1. The molecule has 0 aromatic heterocycles. The second-order valence-electron chi connectivity index (χ2n) is 8.05. The minimum Gasteiger partial charge on any atom is -0.376 e. The van der Waals surface area contributed by atoms with Gasteiger partial charge in [-0.3, -0.25) is 0 Å². The Morgan fingerprint density at radius 3 is 2.55 bits per heavy atom. The van der Waals surface area contributed by atoms with Crippen molar-refractivity contribution >= 4 is 40.3 Å². The van der Waals surface area contributed by atoms with Crippen molar-refractivity contribution in [2.45, 2.75) is 49.9 Å². The Hall–Kier alpha value is -1.56. The lowest BCUT2D eigenvalue weighted by Crippen LogP contribution is -2.39. The number of hydrogen-bond donors (Lipinski definition) is 1. The van der Waals surface area contributed by atoms with E-state index in [4.69, 9.17) is 12.2 Å². The molecule has 5 heteroatoms. The lowest BCUT2D eigenvalue weighted by molar-refractivity contribution is 0.332. The first-order chi connectivity index (χ1) is 13.9. The number of nitrogens with one attached hydrogen (secondary N) is 1. The lowest BCUT2D eigenvalue weighted by Gasteiger charge is -2.39. The minimum atomic E-state index is 0.359. The summed E-state index contributed by atoms with van der Waals surface area (Å²) in [6.45, 7) is 12.0. The molecule has 0 spiro atoms. The first kappa shape index (κ1) is 22.1. The second kappa shape index (κ2) is 9.96. The van der Waals surface area contributed by atoms with E-state index in [1.54, 1.807) is 0 Å². The average Bonchev–Trinajstić information content (AvgIpc) is 2.74. The number of para-hydroxylation sites is 1. The maximum Gasteiger partial charge on any atom is 0.106 e. The highest BCUT2D eigenvalue weighted by Gasteiger charge is 2.28. The molecule has 0 aliphatic carbocycles. The second-order valence-corrected chi connectivity index (χ2v) is 9.54. The van der Waals surface area contributed by atoms with Gasteiger partial charge in [-0.05, 0) is 50.7 Å². The fourth-order valence-electron chi connectivity index (χ4n) is 3.57. The number of anilines is 2. The quantitative estimate of drug-likeness (QED) is 0.524. The van der Waals surface area contributed by atoms with Crippen LogP contribution in [0.25, 0.3) is 0 Å². The Morgan fingerprint density at radius 2 is 1.83 bits per heavy atom. The zero-order valence-corrected chi connectivity index (χ0v) is 19.9. The highest BCUT2D eigenvalue weighted by Crippen LogP contribution is 2.49. The Morgan fingerprint density at radius 1 is 1.10 bits per heavy atom. The summed E-state index contributed by atoms with van der Waals surface area (Å²) in [7, 11) is 2.19. The van der Waals surface area contributed by atoms with Crippen molar-refractivity contribution in [1.82, 2.24) is 10.2 Å². The van der Waals surface area contributed by atoms with Crippen LogP contribution in [0.15, 0.2) is 52.3 Å². The predicted molar refractivity (Wildman–Crippen MR) is 131 cm³/mol. The standard InChI is InChI=1S/C24H33N3S2/c1-6-17(3)15-25-24(28)19-12-13-23-21(14-19)27(18(4)16-26(5)7-2)20-10-8-9-11-22(20)29-23/h8-14,17-18H,6-7,15-16H2,1-5H3,(H,25,28). The Kier molecular flexibility index (Phi) is 7.60. The van der Waals surface area contributed by atoms with Crippen molar-refractivity contribution in [1.29, 1.82) is 0 Å². The van der Waals surface area contributed by atoms with Gasteiger partial charge in [0.25, 0.3) is 0 Å². The summed E-state index contributed by atoms with van der Waals surface area (Å²) in [4.78, 5) is 8.32. The van der Waals surface area contributed by atoms with E-state index in [1.807, 2.05) is 11.8 Å². The van der Waals surface area contributed by atoms with E-state index in [-0.39, 0.29) is 0 Å². The molecule has 0 radical (unpaired) electrons. The minimum absolute atomic E-state index is 0.359. The molecule has 3 nitrogen and oxygen atoms in total. The first-order valence-corrected chi connectivity index (χ1v) is 11.8. The van der Waals surface area contributed by atoms with Gasteiger partial charge in [-0.25, -0.2) is 0 Å². The summed E-state index contributed by atoms with van der Waals surface area (Å²) in [5.41, 5.74) is 3.65. The van der Waals surface area contributed by atoms with Crippen molar-refractivity contribution in [3.63, 3.8) is 0 Å². The maximum absolute atomic E-state index is 5.72. The van der Waals surface area contributed by atoms with Crippen LogP contribution in [0.1, 0.15) is 39.7 Å². The number of fused-ring (bicyclic) bond motifs is 2. The molecule has 0 fully saturated rings. The van der Waals surface area contributed by atoms with Crippen molar-refractivity contribution in [2.24, 2.45) is 5.92 Å². The Balaban J connectivity index is 1.94. The van der Waals surface area contributed by atoms with Gasteiger partial charge < -0.3 is 15.1 Å². The zero-order chi connectivity index (χ0) is 21.0. The average molecular weight is 428 g/mol. The van der Waals surface area contributed by atoms with E-state index >= 15 is 0 Å². The summed E-state index contributed by atoms with van der Waals surface area (Å²) < 4.78 is 0. The number of hydrogen-bond acceptors (Lipinski definition) is 4. The number of benzene rings is 2. The summed E-state index contributed by atoms with van der Waals surface area (Å²) >= 11 is 7.57. The summed E-state index contributed by atoms with van der Waals surface area (Å²) in [6, 6.07) is 15.7. The monoisotopic (exact) mass is 427 g/mol. The number of rotatable bonds is 8. The van der Waals surface area contributed by atoms with E-state index < -0.39 is 0 Å². The third kappa shape index (κ3) is 5.14. The molecule has 1 aliphatic heterocycles. The van der Waals surface area contributed by atoms with E-state index in [9.17, 15) is 0 Å². The molecule has 2 atom stereocenters. The van der Waals surface area contributed by atoms with Crippen LogP contribution in [0.4, 0.5) is 11.4 Å². The van der Waals surface area contributed by atoms with Gasteiger partial charge in [-0.1, -0.05) is 69.4 Å². The van der Waals surface area contributed by atoms with Crippen molar-refractivity contribution in [2.75, 3.05) is 31.6 Å². The van der Waals surface area contributed by atoms with Crippen LogP contribution < -0.4 is 10.2 Å². The van der Waals surface area contributed by atoms with Crippen LogP contribution in [-0.4, -0.2) is 42.6 Å². The summed E-state index contributed by atoms with van der Waals surface area (Å²) in [5.74, 6) is 0.620. The van der Waals surface area contributed by atoms with E-state index in [0.717, 1.165) is 36.6 Å². The van der Waals surface area contributed by atoms with Crippen LogP contribution in [0.5, 0.6) is 0 Å². The third-order valence-electron chi connectivity index (χ3n) is 5.69. The largest absolute Gasteiger partial charge is 0.376 e. The zero-order valence-electron chi connectivity index (χ0n) is 18.2. The van der Waals surface area contributed by atoms with Gasteiger partial charge in [0.1, 0.15) is 4.99 Å². The van der Waals surface area contributed by atoms with Crippen LogP contribution >= 0.6 is 24.0 Å². The topological polar surface area (TPSA) is 18.5 Å². The molecule has 156 valence electrons. The predicted octanol–water partition coefficient (Wildman–Crippen LogP) is 5.94. The van der Waals surface area contributed by atoms with E-state index in [0.29, 0.717) is 12.0 Å². The van der Waals surface area contributed by atoms with Crippen LogP contribution in [0.2, 0.25) is 0 Å². The highest BCUT2D eigenvalue weighted by molar-refractivity contribution is 7.99. The van der Waals surface area contributed by atoms with Gasteiger partial charge in [0.05, 0.1) is 11.4 Å². The molecule has 1 N–H and O–H groups in total. The summed E-state index contributed by atoms with van der Waals surface area (Å²) in [5, 5.41) is 3.46. The summed E-state index contributed by atoms with van der Waals surface area (Å²) in [6.07, 6.45) is 1.16. The van der Waals surface area contributed by atoms with Crippen molar-refractivity contribution in [3.8, 4) is 0 Å². The molecule has 3 rings (SSSR count). The van der Waals surface area contributed by atoms with Crippen LogP contribution in [-0.2, 0) is 0 Å². The fraction of sp³-hybridized carbons (Fsp3) is 0.458. The highest BCUT2D eigenvalue weighted by atomic mass is 32.2. The smallest absolute Gasteiger partial charge is 0.106 e. The van der Waals surface area contributed by atoms with Crippen molar-refractivity contribution in [3.05, 3.63) is 48.0 Å². The normalized spacial score (nSPS) is 14.9. The first-order valence-electron chi connectivity index (χ1n) is 10.6. The SMILES string of the molecule is CCC(C)CNC(=S)c1ccc2c(c1)N(C(C)CN(C)CC)c1ccccc1S2. The molecule has 2 aromatic carbocycles. The van der Waals surface area contributed by atoms with Gasteiger partial charge in [0.15, 0.2) is 0 Å². The van der Waals surface area contributed by atoms with Gasteiger partial charge in [-0.2, -0.15) is 0 Å². The number of thiocarbonyl (C=S) groups is 1. The molecule has 2 aromatic rings. The van der Waals surface area contributed by atoms with E-state index in [1.165, 1.54) is 21.2 Å². The van der Waals surface area contributed by atoms with Crippen LogP contribution in [0, 0.1) is 5.92 Å². The molecular weight excluding hydrogens is 394 g/mol. The molecule has 29 heavy (non-hydrogen) atoms. The molecule has 0 saturated heterocycles. The van der Waals surface area contributed by atoms with Crippen molar-refractivity contribution < 1.29 is 0 Å². The van der Waals surface area contributed by atoms with Crippen LogP contribution in [0.3, 0.4) is 0 Å². The van der Waals surface area contributed by atoms with Gasteiger partial charge >= 0.3 is 0 Å². The molecule has 1 aliphatic rings.